The molecule has 21 heavy (non-hydrogen) atoms. The third-order valence-electron chi connectivity index (χ3n) is 2.74. The van der Waals surface area contributed by atoms with Crippen molar-refractivity contribution in [2.45, 2.75) is 13.5 Å². The van der Waals surface area contributed by atoms with E-state index in [2.05, 4.69) is 15.0 Å². The van der Waals surface area contributed by atoms with Crippen LogP contribution in [0.3, 0.4) is 0 Å². The highest BCUT2D eigenvalue weighted by atomic mass is 35.5. The summed E-state index contributed by atoms with van der Waals surface area (Å²) in [6.45, 7) is 2.94. The van der Waals surface area contributed by atoms with E-state index >= 15 is 0 Å². The van der Waals surface area contributed by atoms with Crippen molar-refractivity contribution in [3.05, 3.63) is 35.1 Å². The minimum atomic E-state index is 0.112. The first-order valence-corrected chi connectivity index (χ1v) is 6.88. The monoisotopic (exact) mass is 308 g/mol. The maximum Gasteiger partial charge on any atom is 0.322 e. The average molecular weight is 309 g/mol. The second-order valence-corrected chi connectivity index (χ2v) is 4.67. The summed E-state index contributed by atoms with van der Waals surface area (Å²) in [7, 11) is 3.52. The molecule has 6 nitrogen and oxygen atoms in total. The number of hydrogen-bond donors (Lipinski definition) is 0. The minimum absolute atomic E-state index is 0.112. The highest BCUT2D eigenvalue weighted by Crippen LogP contribution is 2.18. The highest BCUT2D eigenvalue weighted by Gasteiger charge is 2.11. The van der Waals surface area contributed by atoms with E-state index in [1.54, 1.807) is 7.11 Å². The fraction of sp³-hybridized carbons (Fsp3) is 0.357. The van der Waals surface area contributed by atoms with Gasteiger partial charge in [-0.05, 0) is 36.2 Å². The molecule has 2 aromatic rings. The molecule has 0 unspecified atom stereocenters. The molecule has 0 radical (unpaired) electrons. The Morgan fingerprint density at radius 2 is 2.05 bits per heavy atom. The summed E-state index contributed by atoms with van der Waals surface area (Å²) in [6, 6.07) is 8.03. The maximum atomic E-state index is 5.89. The molecule has 1 aromatic heterocycles. The first-order chi connectivity index (χ1) is 10.1. The van der Waals surface area contributed by atoms with Crippen LogP contribution in [0.1, 0.15) is 12.5 Å². The van der Waals surface area contributed by atoms with Crippen LogP contribution in [0.25, 0.3) is 0 Å². The lowest BCUT2D eigenvalue weighted by Crippen LogP contribution is -2.20. The van der Waals surface area contributed by atoms with Crippen LogP contribution in [0.15, 0.2) is 24.3 Å². The molecule has 0 bridgehead atoms. The van der Waals surface area contributed by atoms with Gasteiger partial charge in [0.05, 0.1) is 13.7 Å². The predicted octanol–water partition coefficient (Wildman–Crippen LogP) is 2.57. The van der Waals surface area contributed by atoms with Crippen molar-refractivity contribution in [2.24, 2.45) is 0 Å². The average Bonchev–Trinajstić information content (AvgIpc) is 2.47. The van der Waals surface area contributed by atoms with Gasteiger partial charge in [-0.15, -0.1) is 0 Å². The van der Waals surface area contributed by atoms with Crippen LogP contribution < -0.4 is 14.4 Å². The number of ether oxygens (including phenoxy) is 2. The normalized spacial score (nSPS) is 10.3. The second kappa shape index (κ2) is 7.08. The Kier molecular flexibility index (Phi) is 5.16. The molecule has 0 aliphatic heterocycles. The van der Waals surface area contributed by atoms with Crippen LogP contribution in [0.5, 0.6) is 11.8 Å². The van der Waals surface area contributed by atoms with Gasteiger partial charge in [0.2, 0.25) is 11.2 Å². The Labute approximate surface area is 128 Å². The molecular formula is C14H17ClN4O2. The largest absolute Gasteiger partial charge is 0.497 e. The molecule has 0 fully saturated rings. The summed E-state index contributed by atoms with van der Waals surface area (Å²) >= 11 is 5.89. The molecule has 1 aromatic carbocycles. The van der Waals surface area contributed by atoms with Gasteiger partial charge in [0, 0.05) is 13.6 Å². The summed E-state index contributed by atoms with van der Waals surface area (Å²) in [4.78, 5) is 14.1. The van der Waals surface area contributed by atoms with E-state index in [-0.39, 0.29) is 11.3 Å². The summed E-state index contributed by atoms with van der Waals surface area (Å²) in [5.74, 6) is 1.27. The lowest BCUT2D eigenvalue weighted by atomic mass is 10.2. The van der Waals surface area contributed by atoms with Crippen molar-refractivity contribution in [2.75, 3.05) is 25.7 Å². The number of hydrogen-bond acceptors (Lipinski definition) is 6. The molecule has 7 heteroatoms. The second-order valence-electron chi connectivity index (χ2n) is 4.33. The van der Waals surface area contributed by atoms with Gasteiger partial charge in [-0.3, -0.25) is 0 Å². The smallest absolute Gasteiger partial charge is 0.322 e. The Hall–Kier alpha value is -2.08. The van der Waals surface area contributed by atoms with Crippen LogP contribution in [-0.2, 0) is 6.54 Å². The van der Waals surface area contributed by atoms with Crippen molar-refractivity contribution in [1.29, 1.82) is 0 Å². The van der Waals surface area contributed by atoms with E-state index in [1.807, 2.05) is 43.1 Å². The molecule has 112 valence electrons. The van der Waals surface area contributed by atoms with E-state index in [0.29, 0.717) is 19.1 Å². The van der Waals surface area contributed by atoms with Crippen LogP contribution in [0, 0.1) is 0 Å². The zero-order valence-corrected chi connectivity index (χ0v) is 13.0. The number of aromatic nitrogens is 3. The van der Waals surface area contributed by atoms with Crippen LogP contribution in [-0.4, -0.2) is 35.7 Å². The van der Waals surface area contributed by atoms with Crippen molar-refractivity contribution in [3.63, 3.8) is 0 Å². The van der Waals surface area contributed by atoms with Gasteiger partial charge in [-0.2, -0.15) is 15.0 Å². The van der Waals surface area contributed by atoms with Crippen molar-refractivity contribution < 1.29 is 9.47 Å². The molecule has 0 amide bonds. The minimum Gasteiger partial charge on any atom is -0.497 e. The molecule has 2 rings (SSSR count). The van der Waals surface area contributed by atoms with E-state index in [1.165, 1.54) is 0 Å². The van der Waals surface area contributed by atoms with E-state index in [9.17, 15) is 0 Å². The molecule has 0 aliphatic carbocycles. The van der Waals surface area contributed by atoms with E-state index < -0.39 is 0 Å². The van der Waals surface area contributed by atoms with Gasteiger partial charge < -0.3 is 14.4 Å². The third-order valence-corrected chi connectivity index (χ3v) is 2.91. The van der Waals surface area contributed by atoms with Crippen molar-refractivity contribution in [1.82, 2.24) is 15.0 Å². The SMILES string of the molecule is CCOc1nc(Cl)nc(N(C)Cc2cccc(OC)c2)n1. The Balaban J connectivity index is 2.17. The highest BCUT2D eigenvalue weighted by molar-refractivity contribution is 6.28. The molecule has 1 heterocycles. The lowest BCUT2D eigenvalue weighted by molar-refractivity contribution is 0.311. The maximum absolute atomic E-state index is 5.89. The van der Waals surface area contributed by atoms with E-state index in [0.717, 1.165) is 11.3 Å². The predicted molar refractivity (Wildman–Crippen MR) is 81.1 cm³/mol. The molecular weight excluding hydrogens is 292 g/mol. The fourth-order valence-corrected chi connectivity index (χ4v) is 1.95. The number of nitrogens with zero attached hydrogens (tertiary/aromatic N) is 4. The standard InChI is InChI=1S/C14H17ClN4O2/c1-4-21-14-17-12(15)16-13(18-14)19(2)9-10-6-5-7-11(8-10)20-3/h5-8H,4,9H2,1-3H3. The number of benzene rings is 1. The van der Waals surface area contributed by atoms with Crippen LogP contribution in [0.2, 0.25) is 5.28 Å². The quantitative estimate of drug-likeness (QED) is 0.817. The third kappa shape index (κ3) is 4.19. The summed E-state index contributed by atoms with van der Waals surface area (Å²) in [5, 5.41) is 0.112. The molecule has 0 N–H and O–H groups in total. The Bertz CT molecular complexity index is 609. The number of methoxy groups -OCH3 is 1. The first-order valence-electron chi connectivity index (χ1n) is 6.50. The zero-order chi connectivity index (χ0) is 15.2. The molecule has 0 saturated carbocycles. The van der Waals surface area contributed by atoms with Gasteiger partial charge in [0.15, 0.2) is 0 Å². The van der Waals surface area contributed by atoms with Crippen LogP contribution >= 0.6 is 11.6 Å². The number of halogens is 1. The number of rotatable bonds is 6. The Morgan fingerprint density at radius 1 is 1.24 bits per heavy atom. The summed E-state index contributed by atoms with van der Waals surface area (Å²) in [6.07, 6.45) is 0. The van der Waals surface area contributed by atoms with Gasteiger partial charge in [-0.1, -0.05) is 12.1 Å². The van der Waals surface area contributed by atoms with Gasteiger partial charge in [-0.25, -0.2) is 0 Å². The molecule has 0 atom stereocenters. The summed E-state index contributed by atoms with van der Waals surface area (Å²) in [5.41, 5.74) is 1.08. The molecule has 0 spiro atoms. The van der Waals surface area contributed by atoms with Gasteiger partial charge >= 0.3 is 6.01 Å². The van der Waals surface area contributed by atoms with Crippen molar-refractivity contribution >= 4 is 17.5 Å². The van der Waals surface area contributed by atoms with Gasteiger partial charge in [0.25, 0.3) is 0 Å². The zero-order valence-electron chi connectivity index (χ0n) is 12.2. The van der Waals surface area contributed by atoms with Crippen LogP contribution in [0.4, 0.5) is 5.95 Å². The Morgan fingerprint density at radius 3 is 2.76 bits per heavy atom. The van der Waals surface area contributed by atoms with Gasteiger partial charge in [0.1, 0.15) is 5.75 Å². The topological polar surface area (TPSA) is 60.4 Å². The fourth-order valence-electron chi connectivity index (χ4n) is 1.80. The molecule has 0 saturated heterocycles. The number of anilines is 1. The first kappa shape index (κ1) is 15.3. The molecule has 0 aliphatic rings. The lowest BCUT2D eigenvalue weighted by Gasteiger charge is -2.17. The van der Waals surface area contributed by atoms with Crippen molar-refractivity contribution in [3.8, 4) is 11.8 Å². The summed E-state index contributed by atoms with van der Waals surface area (Å²) < 4.78 is 10.5. The van der Waals surface area contributed by atoms with E-state index in [4.69, 9.17) is 21.1 Å².